The van der Waals surface area contributed by atoms with Gasteiger partial charge in [-0.05, 0) is 5.56 Å². The van der Waals surface area contributed by atoms with Gasteiger partial charge >= 0.3 is 8.80 Å². The van der Waals surface area contributed by atoms with E-state index in [2.05, 4.69) is 43.4 Å². The molecule has 0 bridgehead atoms. The van der Waals surface area contributed by atoms with Gasteiger partial charge < -0.3 is 0 Å². The van der Waals surface area contributed by atoms with Crippen LogP contribution in [0.25, 0.3) is 0 Å². The van der Waals surface area contributed by atoms with Crippen molar-refractivity contribution in [3.8, 4) is 0 Å². The van der Waals surface area contributed by atoms with Gasteiger partial charge in [-0.1, -0.05) is 30.3 Å². The fraction of sp³-hybridized carbons (Fsp3) is 0.333. The molecular weight excluding hydrogens is 136 g/mol. The normalized spacial score (nSPS) is 9.40. The molecule has 1 rings (SSSR count). The zero-order valence-corrected chi connectivity index (χ0v) is 7.59. The average molecular weight is 149 g/mol. The molecule has 0 fully saturated rings. The smallest absolute Gasteiger partial charge is 0.0622 e. The van der Waals surface area contributed by atoms with Gasteiger partial charge in [0.2, 0.25) is 0 Å². The van der Waals surface area contributed by atoms with Gasteiger partial charge in [-0.15, -0.1) is 0 Å². The summed E-state index contributed by atoms with van der Waals surface area (Å²) in [5.41, 5.74) is 1.49. The first-order chi connectivity index (χ1) is 4.79. The second kappa shape index (κ2) is 3.57. The Balaban J connectivity index is 2.59. The molecule has 1 heteroatoms. The summed E-state index contributed by atoms with van der Waals surface area (Å²) >= 11 is 0. The Morgan fingerprint density at radius 3 is 2.20 bits per heavy atom. The van der Waals surface area contributed by atoms with Crippen LogP contribution in [0.3, 0.4) is 0 Å². The van der Waals surface area contributed by atoms with Crippen LogP contribution in [0, 0.1) is 0 Å². The van der Waals surface area contributed by atoms with Gasteiger partial charge in [0.05, 0.1) is 19.1 Å². The predicted molar refractivity (Wildman–Crippen MR) is 47.6 cm³/mol. The average Bonchev–Trinajstić information content (AvgIpc) is 1.88. The van der Waals surface area contributed by atoms with E-state index in [9.17, 15) is 0 Å². The SMILES string of the molecule is C[Si+](C)Cc1ccccc1. The topological polar surface area (TPSA) is 0 Å². The Hall–Kier alpha value is -0.563. The van der Waals surface area contributed by atoms with Gasteiger partial charge in [0.15, 0.2) is 0 Å². The molecule has 52 valence electrons. The van der Waals surface area contributed by atoms with Crippen LogP contribution >= 0.6 is 0 Å². The summed E-state index contributed by atoms with van der Waals surface area (Å²) in [5, 5.41) is 0. The summed E-state index contributed by atoms with van der Waals surface area (Å²) in [6.45, 7) is 4.69. The highest BCUT2D eigenvalue weighted by molar-refractivity contribution is 6.55. The van der Waals surface area contributed by atoms with E-state index in [1.165, 1.54) is 11.6 Å². The molecule has 10 heavy (non-hydrogen) atoms. The molecule has 1 aromatic rings. The van der Waals surface area contributed by atoms with E-state index in [-0.39, 0.29) is 8.80 Å². The zero-order chi connectivity index (χ0) is 7.40. The molecular formula is C9H13Si+. The molecule has 0 heterocycles. The summed E-state index contributed by atoms with van der Waals surface area (Å²) in [5.74, 6) is 0. The molecule has 0 nitrogen and oxygen atoms in total. The van der Waals surface area contributed by atoms with Gasteiger partial charge in [0, 0.05) is 0 Å². The monoisotopic (exact) mass is 149 g/mol. The van der Waals surface area contributed by atoms with Crippen LogP contribution in [-0.2, 0) is 6.04 Å². The van der Waals surface area contributed by atoms with Crippen LogP contribution in [0.4, 0.5) is 0 Å². The molecule has 0 amide bonds. The van der Waals surface area contributed by atoms with E-state index in [4.69, 9.17) is 0 Å². The molecule has 0 aliphatic carbocycles. The van der Waals surface area contributed by atoms with Crippen molar-refractivity contribution in [1.82, 2.24) is 0 Å². The molecule has 0 aliphatic rings. The Bertz CT molecular complexity index is 179. The minimum absolute atomic E-state index is 0.0870. The third-order valence-corrected chi connectivity index (χ3v) is 2.52. The van der Waals surface area contributed by atoms with Crippen LogP contribution in [0.2, 0.25) is 13.1 Å². The molecule has 0 unspecified atom stereocenters. The van der Waals surface area contributed by atoms with Crippen molar-refractivity contribution in [2.24, 2.45) is 0 Å². The lowest BCUT2D eigenvalue weighted by molar-refractivity contribution is 1.35. The lowest BCUT2D eigenvalue weighted by Crippen LogP contribution is -2.04. The van der Waals surface area contributed by atoms with E-state index in [1.54, 1.807) is 0 Å². The summed E-state index contributed by atoms with van der Waals surface area (Å²) in [4.78, 5) is 0. The lowest BCUT2D eigenvalue weighted by Gasteiger charge is -1.91. The van der Waals surface area contributed by atoms with E-state index in [0.29, 0.717) is 0 Å². The number of hydrogen-bond acceptors (Lipinski definition) is 0. The fourth-order valence-electron chi connectivity index (χ4n) is 1.00. The van der Waals surface area contributed by atoms with E-state index >= 15 is 0 Å². The van der Waals surface area contributed by atoms with Crippen molar-refractivity contribution in [3.63, 3.8) is 0 Å². The highest BCUT2D eigenvalue weighted by atomic mass is 28.3. The molecule has 0 spiro atoms. The minimum atomic E-state index is -0.0870. The third kappa shape index (κ3) is 2.36. The first-order valence-corrected chi connectivity index (χ1v) is 6.32. The van der Waals surface area contributed by atoms with Crippen molar-refractivity contribution in [3.05, 3.63) is 35.9 Å². The van der Waals surface area contributed by atoms with Crippen molar-refractivity contribution in [1.29, 1.82) is 0 Å². The van der Waals surface area contributed by atoms with Crippen molar-refractivity contribution >= 4 is 8.80 Å². The molecule has 1 aromatic carbocycles. The fourth-order valence-corrected chi connectivity index (χ4v) is 2.06. The van der Waals surface area contributed by atoms with Gasteiger partial charge in [-0.2, -0.15) is 0 Å². The van der Waals surface area contributed by atoms with Gasteiger partial charge in [-0.3, -0.25) is 0 Å². The van der Waals surface area contributed by atoms with Crippen molar-refractivity contribution in [2.45, 2.75) is 19.1 Å². The van der Waals surface area contributed by atoms with Crippen LogP contribution in [0.15, 0.2) is 30.3 Å². The van der Waals surface area contributed by atoms with Crippen molar-refractivity contribution < 1.29 is 0 Å². The van der Waals surface area contributed by atoms with Crippen LogP contribution in [-0.4, -0.2) is 8.80 Å². The highest BCUT2D eigenvalue weighted by Crippen LogP contribution is 2.01. The second-order valence-electron chi connectivity index (χ2n) is 2.87. The van der Waals surface area contributed by atoms with Gasteiger partial charge in [0.1, 0.15) is 0 Å². The predicted octanol–water partition coefficient (Wildman–Crippen LogP) is 2.52. The minimum Gasteiger partial charge on any atom is -0.0622 e. The number of hydrogen-bond donors (Lipinski definition) is 0. The first kappa shape index (κ1) is 7.54. The molecule has 0 aromatic heterocycles. The van der Waals surface area contributed by atoms with Crippen LogP contribution in [0.5, 0.6) is 0 Å². The standard InChI is InChI=1S/C9H13Si/c1-10(2)8-9-6-4-3-5-7-9/h3-7H,8H2,1-2H3/q+1. The molecule has 0 atom stereocenters. The summed E-state index contributed by atoms with van der Waals surface area (Å²) < 4.78 is 0. The molecule has 0 aliphatic heterocycles. The van der Waals surface area contributed by atoms with Crippen LogP contribution in [0.1, 0.15) is 5.56 Å². The maximum absolute atomic E-state index is 2.34. The van der Waals surface area contributed by atoms with E-state index in [0.717, 1.165) is 0 Å². The maximum atomic E-state index is 2.34. The zero-order valence-electron chi connectivity index (χ0n) is 6.59. The Morgan fingerprint density at radius 2 is 1.70 bits per heavy atom. The quantitative estimate of drug-likeness (QED) is 0.567. The first-order valence-electron chi connectivity index (χ1n) is 3.62. The number of benzene rings is 1. The van der Waals surface area contributed by atoms with Crippen molar-refractivity contribution in [2.75, 3.05) is 0 Å². The Kier molecular flexibility index (Phi) is 2.69. The Morgan fingerprint density at radius 1 is 1.10 bits per heavy atom. The second-order valence-corrected chi connectivity index (χ2v) is 5.64. The van der Waals surface area contributed by atoms with Gasteiger partial charge in [-0.25, -0.2) is 0 Å². The van der Waals surface area contributed by atoms with E-state index in [1.807, 2.05) is 0 Å². The Labute approximate surface area is 64.5 Å². The third-order valence-electron chi connectivity index (χ3n) is 1.40. The summed E-state index contributed by atoms with van der Waals surface area (Å²) in [6.07, 6.45) is 0. The van der Waals surface area contributed by atoms with Gasteiger partial charge in [0.25, 0.3) is 0 Å². The maximum Gasteiger partial charge on any atom is 0.312 e. The lowest BCUT2D eigenvalue weighted by atomic mass is 10.2. The summed E-state index contributed by atoms with van der Waals surface area (Å²) in [6, 6.07) is 12.0. The highest BCUT2D eigenvalue weighted by Gasteiger charge is 2.10. The van der Waals surface area contributed by atoms with E-state index < -0.39 is 0 Å². The molecule has 0 saturated carbocycles. The largest absolute Gasteiger partial charge is 0.312 e. The van der Waals surface area contributed by atoms with Crippen LogP contribution < -0.4 is 0 Å². The molecule has 0 saturated heterocycles. The summed E-state index contributed by atoms with van der Waals surface area (Å²) in [7, 11) is -0.0870. The molecule has 0 N–H and O–H groups in total. The molecule has 0 radical (unpaired) electrons. The number of rotatable bonds is 2.